The van der Waals surface area contributed by atoms with Crippen LogP contribution in [0.2, 0.25) is 5.02 Å². The normalized spacial score (nSPS) is 9.82. The summed E-state index contributed by atoms with van der Waals surface area (Å²) in [6.45, 7) is 4.09. The summed E-state index contributed by atoms with van der Waals surface area (Å²) in [7, 11) is 1.88. The molecule has 0 radical (unpaired) electrons. The number of halogens is 1. The van der Waals surface area contributed by atoms with Gasteiger partial charge in [-0.05, 0) is 31.0 Å². The highest BCUT2D eigenvalue weighted by atomic mass is 35.5. The van der Waals surface area contributed by atoms with Crippen LogP contribution in [0.1, 0.15) is 11.1 Å². The molecule has 1 aromatic rings. The van der Waals surface area contributed by atoms with Gasteiger partial charge in [0.15, 0.2) is 0 Å². The Morgan fingerprint density at radius 3 is 2.36 bits per heavy atom. The Labute approximate surface area is 72.4 Å². The molecule has 1 aromatic carbocycles. The summed E-state index contributed by atoms with van der Waals surface area (Å²) in [5.74, 6) is 0. The average molecular weight is 170 g/mol. The lowest BCUT2D eigenvalue weighted by Gasteiger charge is -2.07. The third-order valence-corrected chi connectivity index (χ3v) is 1.98. The Hall–Kier alpha value is -0.690. The molecular formula is C9H12ClN. The maximum absolute atomic E-state index is 5.97. The molecule has 1 N–H and O–H groups in total. The number of hydrogen-bond acceptors (Lipinski definition) is 1. The predicted molar refractivity (Wildman–Crippen MR) is 50.5 cm³/mol. The standard InChI is InChI=1S/C9H12ClN/c1-6-4-7(2)9(11-3)8(10)5-6/h4-5,11H,1-3H3. The second kappa shape index (κ2) is 3.14. The van der Waals surface area contributed by atoms with Crippen molar-refractivity contribution in [1.82, 2.24) is 0 Å². The van der Waals surface area contributed by atoms with E-state index in [1.165, 1.54) is 11.1 Å². The largest absolute Gasteiger partial charge is 0.387 e. The fourth-order valence-electron chi connectivity index (χ4n) is 1.23. The lowest BCUT2D eigenvalue weighted by molar-refractivity contribution is 1.35. The number of anilines is 1. The number of rotatable bonds is 1. The molecule has 0 spiro atoms. The molecule has 0 aliphatic heterocycles. The van der Waals surface area contributed by atoms with Crippen molar-refractivity contribution in [3.63, 3.8) is 0 Å². The molecule has 0 saturated carbocycles. The predicted octanol–water partition coefficient (Wildman–Crippen LogP) is 3.00. The minimum Gasteiger partial charge on any atom is -0.387 e. The van der Waals surface area contributed by atoms with Crippen LogP contribution < -0.4 is 5.32 Å². The van der Waals surface area contributed by atoms with E-state index in [1.54, 1.807) is 0 Å². The van der Waals surface area contributed by atoms with Crippen molar-refractivity contribution in [1.29, 1.82) is 0 Å². The molecule has 0 bridgehead atoms. The maximum Gasteiger partial charge on any atom is 0.0642 e. The molecular weight excluding hydrogens is 158 g/mol. The van der Waals surface area contributed by atoms with Gasteiger partial charge in [-0.3, -0.25) is 0 Å². The van der Waals surface area contributed by atoms with E-state index >= 15 is 0 Å². The summed E-state index contributed by atoms with van der Waals surface area (Å²) in [4.78, 5) is 0. The quantitative estimate of drug-likeness (QED) is 0.682. The Morgan fingerprint density at radius 1 is 1.27 bits per heavy atom. The summed E-state index contributed by atoms with van der Waals surface area (Å²) < 4.78 is 0. The Kier molecular flexibility index (Phi) is 2.40. The van der Waals surface area contributed by atoms with Crippen LogP contribution in [0.15, 0.2) is 12.1 Å². The zero-order chi connectivity index (χ0) is 8.43. The molecule has 0 atom stereocenters. The van der Waals surface area contributed by atoms with Gasteiger partial charge in [-0.1, -0.05) is 17.7 Å². The molecule has 0 aliphatic rings. The summed E-state index contributed by atoms with van der Waals surface area (Å²) >= 11 is 5.97. The van der Waals surface area contributed by atoms with E-state index in [9.17, 15) is 0 Å². The van der Waals surface area contributed by atoms with Gasteiger partial charge < -0.3 is 5.32 Å². The van der Waals surface area contributed by atoms with Gasteiger partial charge in [0.1, 0.15) is 0 Å². The van der Waals surface area contributed by atoms with Gasteiger partial charge in [0.05, 0.1) is 10.7 Å². The fraction of sp³-hybridized carbons (Fsp3) is 0.333. The second-order valence-corrected chi connectivity index (χ2v) is 3.10. The first-order valence-electron chi connectivity index (χ1n) is 3.59. The third kappa shape index (κ3) is 1.66. The number of hydrogen-bond donors (Lipinski definition) is 1. The Morgan fingerprint density at radius 2 is 1.91 bits per heavy atom. The number of benzene rings is 1. The highest BCUT2D eigenvalue weighted by Gasteiger charge is 2.01. The van der Waals surface area contributed by atoms with Gasteiger partial charge in [-0.25, -0.2) is 0 Å². The van der Waals surface area contributed by atoms with Crippen molar-refractivity contribution in [2.24, 2.45) is 0 Å². The lowest BCUT2D eigenvalue weighted by atomic mass is 10.1. The molecule has 0 heterocycles. The van der Waals surface area contributed by atoms with E-state index in [0.29, 0.717) is 0 Å². The highest BCUT2D eigenvalue weighted by molar-refractivity contribution is 6.33. The number of aryl methyl sites for hydroxylation is 2. The average Bonchev–Trinajstić information content (AvgIpc) is 1.85. The van der Waals surface area contributed by atoms with Crippen LogP contribution in [0, 0.1) is 13.8 Å². The summed E-state index contributed by atoms with van der Waals surface area (Å²) in [5, 5.41) is 3.86. The summed E-state index contributed by atoms with van der Waals surface area (Å²) in [6, 6.07) is 4.07. The van der Waals surface area contributed by atoms with Crippen molar-refractivity contribution < 1.29 is 0 Å². The monoisotopic (exact) mass is 169 g/mol. The van der Waals surface area contributed by atoms with Crippen LogP contribution in [0.5, 0.6) is 0 Å². The molecule has 2 heteroatoms. The first-order valence-corrected chi connectivity index (χ1v) is 3.97. The van der Waals surface area contributed by atoms with E-state index in [1.807, 2.05) is 27.0 Å². The highest BCUT2D eigenvalue weighted by Crippen LogP contribution is 2.26. The Bertz CT molecular complexity index is 245. The molecule has 1 rings (SSSR count). The van der Waals surface area contributed by atoms with Gasteiger partial charge in [0, 0.05) is 7.05 Å². The van der Waals surface area contributed by atoms with Gasteiger partial charge >= 0.3 is 0 Å². The van der Waals surface area contributed by atoms with Gasteiger partial charge in [0.25, 0.3) is 0 Å². The molecule has 60 valence electrons. The molecule has 1 nitrogen and oxygen atoms in total. The van der Waals surface area contributed by atoms with Gasteiger partial charge in [-0.15, -0.1) is 0 Å². The molecule has 0 fully saturated rings. The molecule has 11 heavy (non-hydrogen) atoms. The molecule has 0 aliphatic carbocycles. The van der Waals surface area contributed by atoms with Gasteiger partial charge in [-0.2, -0.15) is 0 Å². The van der Waals surface area contributed by atoms with Crippen LogP contribution >= 0.6 is 11.6 Å². The number of nitrogens with one attached hydrogen (secondary N) is 1. The zero-order valence-corrected chi connectivity index (χ0v) is 7.79. The molecule has 0 unspecified atom stereocenters. The first kappa shape index (κ1) is 8.41. The lowest BCUT2D eigenvalue weighted by Crippen LogP contribution is -1.93. The van der Waals surface area contributed by atoms with Crippen molar-refractivity contribution in [3.8, 4) is 0 Å². The van der Waals surface area contributed by atoms with E-state index in [4.69, 9.17) is 11.6 Å². The van der Waals surface area contributed by atoms with Crippen molar-refractivity contribution in [3.05, 3.63) is 28.3 Å². The molecule has 0 saturated heterocycles. The minimum absolute atomic E-state index is 0.796. The maximum atomic E-state index is 5.97. The van der Waals surface area contributed by atoms with Crippen LogP contribution in [-0.2, 0) is 0 Å². The van der Waals surface area contributed by atoms with E-state index in [0.717, 1.165) is 10.7 Å². The van der Waals surface area contributed by atoms with Crippen LogP contribution in [0.4, 0.5) is 5.69 Å². The summed E-state index contributed by atoms with van der Waals surface area (Å²) in [6.07, 6.45) is 0. The third-order valence-electron chi connectivity index (χ3n) is 1.68. The minimum atomic E-state index is 0.796. The topological polar surface area (TPSA) is 12.0 Å². The Balaban J connectivity index is 3.25. The van der Waals surface area contributed by atoms with Crippen LogP contribution in [-0.4, -0.2) is 7.05 Å². The van der Waals surface area contributed by atoms with E-state index in [2.05, 4.69) is 11.4 Å². The zero-order valence-electron chi connectivity index (χ0n) is 7.03. The second-order valence-electron chi connectivity index (χ2n) is 2.69. The van der Waals surface area contributed by atoms with Crippen LogP contribution in [0.25, 0.3) is 0 Å². The van der Waals surface area contributed by atoms with Crippen molar-refractivity contribution in [2.45, 2.75) is 13.8 Å². The van der Waals surface area contributed by atoms with Crippen molar-refractivity contribution >= 4 is 17.3 Å². The fourth-order valence-corrected chi connectivity index (χ4v) is 1.65. The van der Waals surface area contributed by atoms with Crippen molar-refractivity contribution in [2.75, 3.05) is 12.4 Å². The smallest absolute Gasteiger partial charge is 0.0642 e. The van der Waals surface area contributed by atoms with Gasteiger partial charge in [0.2, 0.25) is 0 Å². The first-order chi connectivity index (χ1) is 5.15. The summed E-state index contributed by atoms with van der Waals surface area (Å²) in [5.41, 5.74) is 3.42. The van der Waals surface area contributed by atoms with Crippen LogP contribution in [0.3, 0.4) is 0 Å². The molecule has 0 amide bonds. The SMILES string of the molecule is CNc1c(C)cc(C)cc1Cl. The van der Waals surface area contributed by atoms with E-state index < -0.39 is 0 Å². The van der Waals surface area contributed by atoms with E-state index in [-0.39, 0.29) is 0 Å². The molecule has 0 aromatic heterocycles.